The summed E-state index contributed by atoms with van der Waals surface area (Å²) >= 11 is 0. The van der Waals surface area contributed by atoms with Gasteiger partial charge in [-0.15, -0.1) is 0 Å². The van der Waals surface area contributed by atoms with Crippen molar-refractivity contribution >= 4 is 17.6 Å². The number of pyridine rings is 1. The van der Waals surface area contributed by atoms with E-state index < -0.39 is 0 Å². The average molecular weight is 364 g/mol. The van der Waals surface area contributed by atoms with Crippen molar-refractivity contribution in [2.45, 2.75) is 38.1 Å². The molecule has 0 saturated carbocycles. The first-order valence-electron chi connectivity index (χ1n) is 9.43. The van der Waals surface area contributed by atoms with Gasteiger partial charge in [0.15, 0.2) is 0 Å². The van der Waals surface area contributed by atoms with Gasteiger partial charge in [0.1, 0.15) is 0 Å². The summed E-state index contributed by atoms with van der Waals surface area (Å²) in [5, 5.41) is 5.66. The molecule has 1 aromatic heterocycles. The van der Waals surface area contributed by atoms with Gasteiger partial charge < -0.3 is 15.5 Å². The monoisotopic (exact) mass is 364 g/mol. The Balaban J connectivity index is 1.73. The lowest BCUT2D eigenvalue weighted by Gasteiger charge is -2.29. The van der Waals surface area contributed by atoms with Crippen LogP contribution in [0.2, 0.25) is 0 Å². The van der Waals surface area contributed by atoms with Crippen LogP contribution in [0.25, 0.3) is 11.1 Å². The first-order chi connectivity index (χ1) is 13.1. The summed E-state index contributed by atoms with van der Waals surface area (Å²) in [4.78, 5) is 29.9. The molecule has 1 aromatic carbocycles. The number of rotatable bonds is 2. The Morgan fingerprint density at radius 3 is 2.89 bits per heavy atom. The maximum atomic E-state index is 11.9. The van der Waals surface area contributed by atoms with Gasteiger partial charge in [-0.2, -0.15) is 0 Å². The van der Waals surface area contributed by atoms with Crippen molar-refractivity contribution < 1.29 is 9.59 Å². The Bertz CT molecular complexity index is 909. The van der Waals surface area contributed by atoms with E-state index >= 15 is 0 Å². The van der Waals surface area contributed by atoms with Crippen LogP contribution in [0.4, 0.5) is 10.5 Å². The molecule has 1 aliphatic heterocycles. The van der Waals surface area contributed by atoms with Crippen LogP contribution in [-0.4, -0.2) is 31.0 Å². The van der Waals surface area contributed by atoms with E-state index in [1.807, 2.05) is 25.5 Å². The predicted octanol–water partition coefficient (Wildman–Crippen LogP) is 2.96. The number of carbonyl (C=O) groups excluding carboxylic acids is 2. The van der Waals surface area contributed by atoms with Crippen LogP contribution in [0.5, 0.6) is 0 Å². The van der Waals surface area contributed by atoms with E-state index in [-0.39, 0.29) is 18.0 Å². The number of fused-ring (bicyclic) bond motifs is 2. The molecular formula is C21H24N4O2. The smallest absolute Gasteiger partial charge is 0.315 e. The summed E-state index contributed by atoms with van der Waals surface area (Å²) in [6.07, 6.45) is 8.05. The normalized spacial score (nSPS) is 18.5. The number of aryl methyl sites for hydroxylation is 1. The summed E-state index contributed by atoms with van der Waals surface area (Å²) in [6, 6.07) is 6.11. The molecule has 1 aliphatic carbocycles. The predicted molar refractivity (Wildman–Crippen MR) is 105 cm³/mol. The van der Waals surface area contributed by atoms with Crippen molar-refractivity contribution in [1.29, 1.82) is 0 Å². The molecule has 6 heteroatoms. The van der Waals surface area contributed by atoms with E-state index in [1.54, 1.807) is 11.9 Å². The van der Waals surface area contributed by atoms with E-state index in [1.165, 1.54) is 11.1 Å². The lowest BCUT2D eigenvalue weighted by Crippen LogP contribution is -2.37. The molecular weight excluding hydrogens is 340 g/mol. The third-order valence-electron chi connectivity index (χ3n) is 5.65. The third kappa shape index (κ3) is 3.16. The highest BCUT2D eigenvalue weighted by Crippen LogP contribution is 2.37. The highest BCUT2D eigenvalue weighted by atomic mass is 16.2. The molecule has 4 rings (SSSR count). The van der Waals surface area contributed by atoms with Crippen LogP contribution in [0.15, 0.2) is 30.6 Å². The second-order valence-corrected chi connectivity index (χ2v) is 7.22. The number of benzene rings is 1. The minimum absolute atomic E-state index is 0.0115. The summed E-state index contributed by atoms with van der Waals surface area (Å²) in [5.74, 6) is 0.164. The molecule has 0 radical (unpaired) electrons. The van der Waals surface area contributed by atoms with Crippen molar-refractivity contribution in [2.75, 3.05) is 19.0 Å². The fourth-order valence-electron chi connectivity index (χ4n) is 4.17. The van der Waals surface area contributed by atoms with E-state index in [0.29, 0.717) is 6.42 Å². The Hall–Kier alpha value is -2.89. The van der Waals surface area contributed by atoms with Gasteiger partial charge in [-0.25, -0.2) is 4.79 Å². The fourth-order valence-corrected chi connectivity index (χ4v) is 4.17. The van der Waals surface area contributed by atoms with Gasteiger partial charge in [-0.3, -0.25) is 9.78 Å². The van der Waals surface area contributed by atoms with Gasteiger partial charge in [0.2, 0.25) is 5.91 Å². The average Bonchev–Trinajstić information content (AvgIpc) is 2.70. The molecule has 1 atom stereocenters. The first-order valence-corrected chi connectivity index (χ1v) is 9.43. The highest BCUT2D eigenvalue weighted by molar-refractivity contribution is 5.96. The number of anilines is 1. The van der Waals surface area contributed by atoms with Crippen LogP contribution < -0.4 is 15.5 Å². The Labute approximate surface area is 159 Å². The molecule has 140 valence electrons. The van der Waals surface area contributed by atoms with Crippen molar-refractivity contribution in [3.63, 3.8) is 0 Å². The highest BCUT2D eigenvalue weighted by Gasteiger charge is 2.26. The van der Waals surface area contributed by atoms with Gasteiger partial charge in [0.05, 0.1) is 6.04 Å². The maximum absolute atomic E-state index is 11.9. The summed E-state index contributed by atoms with van der Waals surface area (Å²) in [5.41, 5.74) is 6.81. The number of nitrogens with zero attached hydrogens (tertiary/aromatic N) is 2. The number of hydrogen-bond acceptors (Lipinski definition) is 3. The fraction of sp³-hybridized carbons (Fsp3) is 0.381. The second-order valence-electron chi connectivity index (χ2n) is 7.22. The Morgan fingerprint density at radius 2 is 2.07 bits per heavy atom. The molecule has 2 heterocycles. The van der Waals surface area contributed by atoms with Crippen LogP contribution >= 0.6 is 0 Å². The largest absolute Gasteiger partial charge is 0.341 e. The number of carbonyl (C=O) groups is 2. The molecule has 0 fully saturated rings. The van der Waals surface area contributed by atoms with Crippen molar-refractivity contribution in [1.82, 2.24) is 15.6 Å². The van der Waals surface area contributed by atoms with E-state index in [4.69, 9.17) is 0 Å². The molecule has 2 N–H and O–H groups in total. The maximum Gasteiger partial charge on any atom is 0.315 e. The molecule has 2 aliphatic rings. The van der Waals surface area contributed by atoms with Crippen LogP contribution in [-0.2, 0) is 17.6 Å². The zero-order chi connectivity index (χ0) is 19.0. The number of urea groups is 1. The lowest BCUT2D eigenvalue weighted by atomic mass is 9.84. The van der Waals surface area contributed by atoms with E-state index in [0.717, 1.165) is 48.1 Å². The zero-order valence-corrected chi connectivity index (χ0v) is 15.7. The number of amides is 3. The third-order valence-corrected chi connectivity index (χ3v) is 5.65. The lowest BCUT2D eigenvalue weighted by molar-refractivity contribution is -0.118. The van der Waals surface area contributed by atoms with E-state index in [9.17, 15) is 9.59 Å². The zero-order valence-electron chi connectivity index (χ0n) is 15.7. The topological polar surface area (TPSA) is 74.3 Å². The minimum Gasteiger partial charge on any atom is -0.341 e. The molecule has 2 aromatic rings. The Kier molecular flexibility index (Phi) is 4.56. The summed E-state index contributed by atoms with van der Waals surface area (Å²) < 4.78 is 0. The SMILES string of the molecule is CNC(=O)NC1CCCc2c(-c3ccc4c(c3)CCC(=O)N4C)cncc21. The standard InChI is InChI=1S/C21H24N4O2/c1-22-21(27)24-18-5-3-4-15-16(11-23-12-17(15)18)13-6-8-19-14(10-13)7-9-20(26)25(19)2/h6,8,10-12,18H,3-5,7,9H2,1-2H3,(H2,22,24,27). The van der Waals surface area contributed by atoms with Gasteiger partial charge >= 0.3 is 6.03 Å². The molecule has 0 spiro atoms. The summed E-state index contributed by atoms with van der Waals surface area (Å²) in [6.45, 7) is 0. The summed E-state index contributed by atoms with van der Waals surface area (Å²) in [7, 11) is 3.46. The quantitative estimate of drug-likeness (QED) is 0.860. The van der Waals surface area contributed by atoms with Gasteiger partial charge in [-0.05, 0) is 60.1 Å². The molecule has 3 amide bonds. The molecule has 0 saturated heterocycles. The first kappa shape index (κ1) is 17.5. The Morgan fingerprint density at radius 1 is 1.22 bits per heavy atom. The molecule has 6 nitrogen and oxygen atoms in total. The van der Waals surface area contributed by atoms with Crippen molar-refractivity contribution in [3.8, 4) is 11.1 Å². The number of hydrogen-bond donors (Lipinski definition) is 2. The number of nitrogens with one attached hydrogen (secondary N) is 2. The van der Waals surface area contributed by atoms with Crippen molar-refractivity contribution in [3.05, 3.63) is 47.3 Å². The minimum atomic E-state index is -0.167. The number of aromatic nitrogens is 1. The molecule has 0 bridgehead atoms. The van der Waals surface area contributed by atoms with Crippen molar-refractivity contribution in [2.24, 2.45) is 0 Å². The van der Waals surface area contributed by atoms with E-state index in [2.05, 4.69) is 27.8 Å². The molecule has 27 heavy (non-hydrogen) atoms. The van der Waals surface area contributed by atoms with Crippen LogP contribution in [0.1, 0.15) is 42.0 Å². The second kappa shape index (κ2) is 7.02. The van der Waals surface area contributed by atoms with Crippen LogP contribution in [0.3, 0.4) is 0 Å². The van der Waals surface area contributed by atoms with Gasteiger partial charge in [0.25, 0.3) is 0 Å². The molecule has 1 unspecified atom stereocenters. The van der Waals surface area contributed by atoms with Gasteiger partial charge in [-0.1, -0.05) is 6.07 Å². The van der Waals surface area contributed by atoms with Gasteiger partial charge in [0, 0.05) is 44.2 Å². The van der Waals surface area contributed by atoms with Crippen LogP contribution in [0, 0.1) is 0 Å².